The summed E-state index contributed by atoms with van der Waals surface area (Å²) in [5, 5.41) is 9.62. The molecule has 2 aromatic rings. The van der Waals surface area contributed by atoms with Crippen molar-refractivity contribution in [1.29, 1.82) is 0 Å². The third kappa shape index (κ3) is 2.68. The number of fused-ring (bicyclic) bond motifs is 1. The number of hydrogen-bond donors (Lipinski definition) is 3. The highest BCUT2D eigenvalue weighted by Gasteiger charge is 2.29. The van der Waals surface area contributed by atoms with E-state index in [2.05, 4.69) is 9.71 Å². The minimum Gasteiger partial charge on any atom is -0.480 e. The van der Waals surface area contributed by atoms with E-state index in [0.717, 1.165) is 0 Å². The lowest BCUT2D eigenvalue weighted by atomic mass is 10.1. The Balaban J connectivity index is 2.42. The minimum atomic E-state index is -3.89. The molecule has 0 unspecified atom stereocenters. The van der Waals surface area contributed by atoms with E-state index >= 15 is 0 Å². The second-order valence-electron chi connectivity index (χ2n) is 4.88. The third-order valence-corrected chi connectivity index (χ3v) is 4.54. The second kappa shape index (κ2) is 5.26. The molecular weight excluding hydrogens is 280 g/mol. The lowest BCUT2D eigenvalue weighted by Crippen LogP contribution is -2.44. The van der Waals surface area contributed by atoms with Crippen molar-refractivity contribution >= 4 is 26.9 Å². The highest BCUT2D eigenvalue weighted by atomic mass is 32.2. The molecule has 2 rings (SSSR count). The summed E-state index contributed by atoms with van der Waals surface area (Å²) in [7, 11) is -3.89. The number of carboxylic acids is 1. The van der Waals surface area contributed by atoms with E-state index in [-0.39, 0.29) is 10.8 Å². The van der Waals surface area contributed by atoms with Gasteiger partial charge in [0, 0.05) is 17.1 Å². The van der Waals surface area contributed by atoms with E-state index in [4.69, 9.17) is 5.11 Å². The van der Waals surface area contributed by atoms with Crippen LogP contribution in [0.3, 0.4) is 0 Å². The van der Waals surface area contributed by atoms with Crippen molar-refractivity contribution in [3.05, 3.63) is 30.5 Å². The maximum absolute atomic E-state index is 12.3. The summed E-state index contributed by atoms with van der Waals surface area (Å²) in [6, 6.07) is 5.79. The van der Waals surface area contributed by atoms with E-state index in [1.807, 2.05) is 0 Å². The topological polar surface area (TPSA) is 99.3 Å². The molecule has 0 aliphatic rings. The van der Waals surface area contributed by atoms with E-state index in [1.54, 1.807) is 38.1 Å². The van der Waals surface area contributed by atoms with E-state index < -0.39 is 22.0 Å². The Morgan fingerprint density at radius 1 is 1.30 bits per heavy atom. The Kier molecular flexibility index (Phi) is 3.82. The Morgan fingerprint density at radius 2 is 1.95 bits per heavy atom. The van der Waals surface area contributed by atoms with Crippen LogP contribution in [-0.4, -0.2) is 30.5 Å². The summed E-state index contributed by atoms with van der Waals surface area (Å²) in [6.07, 6.45) is 1.37. The van der Waals surface area contributed by atoms with Gasteiger partial charge in [0.05, 0.1) is 0 Å². The Bertz CT molecular complexity index is 734. The summed E-state index contributed by atoms with van der Waals surface area (Å²) in [5.74, 6) is -1.55. The van der Waals surface area contributed by atoms with Gasteiger partial charge < -0.3 is 10.1 Å². The summed E-state index contributed by atoms with van der Waals surface area (Å²) >= 11 is 0. The number of rotatable bonds is 5. The number of aromatic nitrogens is 1. The van der Waals surface area contributed by atoms with Crippen LogP contribution in [0.25, 0.3) is 10.9 Å². The van der Waals surface area contributed by atoms with Gasteiger partial charge in [-0.05, 0) is 12.0 Å². The van der Waals surface area contributed by atoms with Crippen LogP contribution in [0.2, 0.25) is 0 Å². The number of carboxylic acid groups (broad SMARTS) is 1. The van der Waals surface area contributed by atoms with E-state index in [0.29, 0.717) is 10.9 Å². The van der Waals surface area contributed by atoms with Gasteiger partial charge in [0.2, 0.25) is 10.0 Å². The lowest BCUT2D eigenvalue weighted by molar-refractivity contribution is -0.140. The van der Waals surface area contributed by atoms with E-state index in [1.165, 1.54) is 6.20 Å². The number of H-pyrrole nitrogens is 1. The predicted molar refractivity (Wildman–Crippen MR) is 74.9 cm³/mol. The van der Waals surface area contributed by atoms with Gasteiger partial charge >= 0.3 is 5.97 Å². The van der Waals surface area contributed by atoms with Crippen LogP contribution in [0.15, 0.2) is 35.4 Å². The van der Waals surface area contributed by atoms with Crippen LogP contribution in [0.4, 0.5) is 0 Å². The van der Waals surface area contributed by atoms with Crippen molar-refractivity contribution in [2.75, 3.05) is 0 Å². The molecule has 1 atom stereocenters. The second-order valence-corrected chi connectivity index (χ2v) is 6.56. The Labute approximate surface area is 116 Å². The van der Waals surface area contributed by atoms with Gasteiger partial charge in [-0.1, -0.05) is 32.0 Å². The maximum Gasteiger partial charge on any atom is 0.322 e. The molecule has 0 radical (unpaired) electrons. The molecule has 20 heavy (non-hydrogen) atoms. The monoisotopic (exact) mass is 296 g/mol. The average Bonchev–Trinajstić information content (AvgIpc) is 2.80. The number of aliphatic carboxylic acids is 1. The number of hydrogen-bond acceptors (Lipinski definition) is 3. The van der Waals surface area contributed by atoms with Gasteiger partial charge in [-0.3, -0.25) is 4.79 Å². The van der Waals surface area contributed by atoms with Crippen molar-refractivity contribution in [2.24, 2.45) is 5.92 Å². The van der Waals surface area contributed by atoms with Crippen molar-refractivity contribution in [3.8, 4) is 0 Å². The van der Waals surface area contributed by atoms with Gasteiger partial charge in [0.25, 0.3) is 0 Å². The molecule has 0 aliphatic heterocycles. The molecule has 0 saturated carbocycles. The van der Waals surface area contributed by atoms with Crippen LogP contribution in [-0.2, 0) is 14.8 Å². The van der Waals surface area contributed by atoms with Crippen molar-refractivity contribution < 1.29 is 18.3 Å². The first-order valence-corrected chi connectivity index (χ1v) is 7.62. The Morgan fingerprint density at radius 3 is 2.55 bits per heavy atom. The standard InChI is InChI=1S/C13H16N2O4S/c1-8(2)12(13(16)17)15-20(18,19)11-7-14-10-6-4-3-5-9(10)11/h3-8,12,14-15H,1-2H3,(H,16,17)/t12-/m1/s1. The molecule has 1 aromatic heterocycles. The summed E-state index contributed by atoms with van der Waals surface area (Å²) < 4.78 is 26.9. The smallest absolute Gasteiger partial charge is 0.322 e. The molecule has 7 heteroatoms. The molecule has 0 saturated heterocycles. The molecule has 0 spiro atoms. The minimum absolute atomic E-state index is 0.0556. The Hall–Kier alpha value is -1.86. The highest BCUT2D eigenvalue weighted by molar-refractivity contribution is 7.89. The summed E-state index contributed by atoms with van der Waals surface area (Å²) in [5.41, 5.74) is 0.685. The normalized spacial score (nSPS) is 13.8. The fourth-order valence-corrected chi connectivity index (χ4v) is 3.49. The average molecular weight is 296 g/mol. The van der Waals surface area contributed by atoms with Gasteiger partial charge in [0.1, 0.15) is 10.9 Å². The highest BCUT2D eigenvalue weighted by Crippen LogP contribution is 2.22. The fourth-order valence-electron chi connectivity index (χ4n) is 1.97. The van der Waals surface area contributed by atoms with Crippen LogP contribution >= 0.6 is 0 Å². The first-order valence-electron chi connectivity index (χ1n) is 6.14. The zero-order valence-corrected chi connectivity index (χ0v) is 11.9. The molecule has 0 bridgehead atoms. The van der Waals surface area contributed by atoms with Crippen molar-refractivity contribution in [1.82, 2.24) is 9.71 Å². The maximum atomic E-state index is 12.3. The zero-order valence-electron chi connectivity index (χ0n) is 11.1. The van der Waals surface area contributed by atoms with Gasteiger partial charge in [-0.25, -0.2) is 8.42 Å². The first-order chi connectivity index (χ1) is 9.33. The first kappa shape index (κ1) is 14.5. The molecular formula is C13H16N2O4S. The molecule has 1 aromatic carbocycles. The SMILES string of the molecule is CC(C)[C@@H](NS(=O)(=O)c1c[nH]c2ccccc12)C(=O)O. The number of aromatic amines is 1. The van der Waals surface area contributed by atoms with Gasteiger partial charge in [-0.2, -0.15) is 4.72 Å². The molecule has 108 valence electrons. The quantitative estimate of drug-likeness (QED) is 0.779. The number of para-hydroxylation sites is 1. The number of sulfonamides is 1. The zero-order chi connectivity index (χ0) is 14.9. The predicted octanol–water partition coefficient (Wildman–Crippen LogP) is 1.56. The van der Waals surface area contributed by atoms with Crippen LogP contribution in [0.5, 0.6) is 0 Å². The summed E-state index contributed by atoms with van der Waals surface area (Å²) in [6.45, 7) is 3.30. The molecule has 3 N–H and O–H groups in total. The number of benzene rings is 1. The van der Waals surface area contributed by atoms with Crippen LogP contribution < -0.4 is 4.72 Å². The van der Waals surface area contributed by atoms with Crippen molar-refractivity contribution in [3.63, 3.8) is 0 Å². The molecule has 0 fully saturated rings. The third-order valence-electron chi connectivity index (χ3n) is 3.06. The van der Waals surface area contributed by atoms with Crippen molar-refractivity contribution in [2.45, 2.75) is 24.8 Å². The molecule has 6 nitrogen and oxygen atoms in total. The summed E-state index contributed by atoms with van der Waals surface area (Å²) in [4.78, 5) is 14.0. The fraction of sp³-hybridized carbons (Fsp3) is 0.308. The van der Waals surface area contributed by atoms with Gasteiger partial charge in [-0.15, -0.1) is 0 Å². The number of carbonyl (C=O) groups is 1. The molecule has 0 amide bonds. The van der Waals surface area contributed by atoms with E-state index in [9.17, 15) is 13.2 Å². The van der Waals surface area contributed by atoms with Crippen LogP contribution in [0, 0.1) is 5.92 Å². The van der Waals surface area contributed by atoms with Gasteiger partial charge in [0.15, 0.2) is 0 Å². The number of nitrogens with one attached hydrogen (secondary N) is 2. The van der Waals surface area contributed by atoms with Crippen LogP contribution in [0.1, 0.15) is 13.8 Å². The lowest BCUT2D eigenvalue weighted by Gasteiger charge is -2.17. The molecule has 0 aliphatic carbocycles. The molecule has 1 heterocycles. The largest absolute Gasteiger partial charge is 0.480 e.